The zero-order valence-corrected chi connectivity index (χ0v) is 16.5. The van der Waals surface area contributed by atoms with Crippen LogP contribution >= 0.6 is 10.6 Å². The molecule has 1 heterocycles. The summed E-state index contributed by atoms with van der Waals surface area (Å²) in [7, 11) is -2.36. The van der Waals surface area contributed by atoms with Gasteiger partial charge in [0.2, 0.25) is 0 Å². The Labute approximate surface area is 166 Å². The smallest absolute Gasteiger partial charge is 0.153 e. The quantitative estimate of drug-likeness (QED) is 0.676. The van der Waals surface area contributed by atoms with Crippen molar-refractivity contribution in [2.75, 3.05) is 18.1 Å². The highest BCUT2D eigenvalue weighted by Crippen LogP contribution is 2.45. The summed E-state index contributed by atoms with van der Waals surface area (Å²) in [6, 6.07) is 9.12. The highest BCUT2D eigenvalue weighted by molar-refractivity contribution is 8.24. The van der Waals surface area contributed by atoms with E-state index in [9.17, 15) is 18.3 Å². The maximum absolute atomic E-state index is 14.0. The Bertz CT molecular complexity index is 886. The van der Waals surface area contributed by atoms with Crippen molar-refractivity contribution in [2.45, 2.75) is 32.1 Å². The molecule has 2 aromatic rings. The van der Waals surface area contributed by atoms with Crippen LogP contribution in [0.1, 0.15) is 40.7 Å². The fourth-order valence-corrected chi connectivity index (χ4v) is 5.74. The Morgan fingerprint density at radius 3 is 2.50 bits per heavy atom. The zero-order chi connectivity index (χ0) is 19.7. The van der Waals surface area contributed by atoms with Crippen LogP contribution in [0.2, 0.25) is 0 Å². The molecule has 6 heteroatoms. The molecule has 2 N–H and O–H groups in total. The minimum atomic E-state index is -2.36. The minimum absolute atomic E-state index is 0.0928. The summed E-state index contributed by atoms with van der Waals surface area (Å²) >= 11 is 0. The molecule has 1 saturated heterocycles. The SMILES string of the molecule is O=Cc1cc2c(cc1F)CCCc1cc(OCC3CCS(O)(O)CC3)ccc1-2. The van der Waals surface area contributed by atoms with Gasteiger partial charge in [-0.2, -0.15) is 10.6 Å². The van der Waals surface area contributed by atoms with E-state index in [-0.39, 0.29) is 5.56 Å². The van der Waals surface area contributed by atoms with E-state index in [0.29, 0.717) is 30.3 Å². The molecule has 28 heavy (non-hydrogen) atoms. The average molecular weight is 405 g/mol. The van der Waals surface area contributed by atoms with Crippen molar-refractivity contribution in [3.05, 3.63) is 52.8 Å². The lowest BCUT2D eigenvalue weighted by Crippen LogP contribution is -2.24. The van der Waals surface area contributed by atoms with Crippen LogP contribution < -0.4 is 4.74 Å². The average Bonchev–Trinajstić information content (AvgIpc) is 2.84. The zero-order valence-electron chi connectivity index (χ0n) is 15.7. The van der Waals surface area contributed by atoms with E-state index in [1.54, 1.807) is 6.07 Å². The predicted octanol–water partition coefficient (Wildman–Crippen LogP) is 5.33. The van der Waals surface area contributed by atoms with Crippen LogP contribution in [-0.2, 0) is 12.8 Å². The molecule has 0 spiro atoms. The van der Waals surface area contributed by atoms with Gasteiger partial charge in [-0.05, 0) is 84.5 Å². The van der Waals surface area contributed by atoms with Gasteiger partial charge in [0.25, 0.3) is 0 Å². The van der Waals surface area contributed by atoms with Crippen molar-refractivity contribution in [2.24, 2.45) is 5.92 Å². The first-order valence-corrected chi connectivity index (χ1v) is 11.6. The van der Waals surface area contributed by atoms with Gasteiger partial charge in [0, 0.05) is 11.5 Å². The molecule has 0 radical (unpaired) electrons. The topological polar surface area (TPSA) is 66.8 Å². The Morgan fingerprint density at radius 2 is 1.79 bits per heavy atom. The first-order chi connectivity index (χ1) is 13.4. The second kappa shape index (κ2) is 7.85. The molecule has 0 saturated carbocycles. The van der Waals surface area contributed by atoms with E-state index in [2.05, 4.69) is 0 Å². The molecule has 1 fully saturated rings. The molecule has 1 aliphatic heterocycles. The number of halogens is 1. The van der Waals surface area contributed by atoms with Gasteiger partial charge in [0.15, 0.2) is 6.29 Å². The maximum atomic E-state index is 14.0. The number of hydrogen-bond donors (Lipinski definition) is 2. The molecule has 2 aromatic carbocycles. The summed E-state index contributed by atoms with van der Waals surface area (Å²) in [5.74, 6) is 1.63. The number of carbonyl (C=O) groups excluding carboxylic acids is 1. The molecule has 0 unspecified atom stereocenters. The first kappa shape index (κ1) is 19.4. The van der Waals surface area contributed by atoms with Gasteiger partial charge in [-0.3, -0.25) is 13.9 Å². The van der Waals surface area contributed by atoms with Gasteiger partial charge in [-0.25, -0.2) is 4.39 Å². The van der Waals surface area contributed by atoms with Crippen LogP contribution in [0.4, 0.5) is 4.39 Å². The lowest BCUT2D eigenvalue weighted by Gasteiger charge is -2.39. The van der Waals surface area contributed by atoms with E-state index >= 15 is 0 Å². The molecule has 1 aliphatic carbocycles. The van der Waals surface area contributed by atoms with Gasteiger partial charge in [-0.15, -0.1) is 0 Å². The third-order valence-corrected chi connectivity index (χ3v) is 7.58. The molecule has 0 aromatic heterocycles. The molecular formula is C22H25FO4S. The molecule has 2 aliphatic rings. The number of fused-ring (bicyclic) bond motifs is 3. The van der Waals surface area contributed by atoms with Crippen LogP contribution in [0, 0.1) is 11.7 Å². The summed E-state index contributed by atoms with van der Waals surface area (Å²) in [5.41, 5.74) is 4.15. The van der Waals surface area contributed by atoms with Crippen LogP contribution in [0.15, 0.2) is 30.3 Å². The summed E-state index contributed by atoms with van der Waals surface area (Å²) < 4.78 is 39.4. The molecule has 150 valence electrons. The van der Waals surface area contributed by atoms with Crippen molar-refractivity contribution in [1.29, 1.82) is 0 Å². The number of benzene rings is 2. The Kier molecular flexibility index (Phi) is 5.45. The summed E-state index contributed by atoms with van der Waals surface area (Å²) in [4.78, 5) is 11.2. The van der Waals surface area contributed by atoms with Crippen LogP contribution in [-0.4, -0.2) is 33.5 Å². The van der Waals surface area contributed by atoms with Crippen molar-refractivity contribution in [3.63, 3.8) is 0 Å². The number of carbonyl (C=O) groups is 1. The molecule has 0 amide bonds. The van der Waals surface area contributed by atoms with Crippen molar-refractivity contribution in [3.8, 4) is 16.9 Å². The van der Waals surface area contributed by atoms with Gasteiger partial charge in [0.1, 0.15) is 11.6 Å². The van der Waals surface area contributed by atoms with Crippen LogP contribution in [0.25, 0.3) is 11.1 Å². The standard InChI is InChI=1S/C22H25FO4S/c23-22-12-17-3-1-2-16-10-19(4-5-20(16)21(17)11-18(22)13-24)27-14-15-6-8-28(25,26)9-7-15/h4-5,10-13,15,25-26H,1-3,6-9,14H2. The highest BCUT2D eigenvalue weighted by Gasteiger charge is 2.24. The highest BCUT2D eigenvalue weighted by atomic mass is 32.3. The fraction of sp³-hybridized carbons (Fsp3) is 0.409. The van der Waals surface area contributed by atoms with Crippen molar-refractivity contribution in [1.82, 2.24) is 0 Å². The second-order valence-corrected chi connectivity index (χ2v) is 10.2. The fourth-order valence-electron chi connectivity index (χ4n) is 4.12. The summed E-state index contributed by atoms with van der Waals surface area (Å²) in [5, 5.41) is 0. The molecule has 0 atom stereocenters. The largest absolute Gasteiger partial charge is 0.493 e. The van der Waals surface area contributed by atoms with E-state index < -0.39 is 16.4 Å². The predicted molar refractivity (Wildman–Crippen MR) is 110 cm³/mol. The first-order valence-electron chi connectivity index (χ1n) is 9.72. The van der Waals surface area contributed by atoms with Gasteiger partial charge >= 0.3 is 0 Å². The molecule has 4 rings (SSSR count). The summed E-state index contributed by atoms with van der Waals surface area (Å²) in [6.07, 6.45) is 4.70. The van der Waals surface area contributed by atoms with Crippen molar-refractivity contribution >= 4 is 16.9 Å². The number of rotatable bonds is 4. The molecule has 0 bridgehead atoms. The van der Waals surface area contributed by atoms with Gasteiger partial charge in [0.05, 0.1) is 12.2 Å². The van der Waals surface area contributed by atoms with E-state index in [0.717, 1.165) is 60.1 Å². The minimum Gasteiger partial charge on any atom is -0.493 e. The Morgan fingerprint density at radius 1 is 1.07 bits per heavy atom. The van der Waals surface area contributed by atoms with Gasteiger partial charge in [-0.1, -0.05) is 6.07 Å². The monoisotopic (exact) mass is 404 g/mol. The number of aldehydes is 1. The van der Waals surface area contributed by atoms with E-state index in [4.69, 9.17) is 4.74 Å². The van der Waals surface area contributed by atoms with Crippen molar-refractivity contribution < 1.29 is 23.0 Å². The Balaban J connectivity index is 1.52. The third kappa shape index (κ3) is 4.09. The maximum Gasteiger partial charge on any atom is 0.153 e. The van der Waals surface area contributed by atoms with E-state index in [1.165, 1.54) is 6.07 Å². The third-order valence-electron chi connectivity index (χ3n) is 5.80. The normalized spacial score (nSPS) is 19.8. The summed E-state index contributed by atoms with van der Waals surface area (Å²) in [6.45, 7) is 0.575. The Hall–Kier alpha value is -1.89. The van der Waals surface area contributed by atoms with Crippen LogP contribution in [0.3, 0.4) is 0 Å². The van der Waals surface area contributed by atoms with Gasteiger partial charge < -0.3 is 4.74 Å². The lowest BCUT2D eigenvalue weighted by atomic mass is 9.94. The molecule has 4 nitrogen and oxygen atoms in total. The second-order valence-electron chi connectivity index (χ2n) is 7.79. The molecular weight excluding hydrogens is 379 g/mol. The number of aryl methyl sites for hydroxylation is 2. The number of hydrogen-bond acceptors (Lipinski definition) is 4. The lowest BCUT2D eigenvalue weighted by molar-refractivity contribution is 0.112. The van der Waals surface area contributed by atoms with E-state index in [1.807, 2.05) is 18.2 Å². The van der Waals surface area contributed by atoms with Crippen LogP contribution in [0.5, 0.6) is 5.75 Å². The number of ether oxygens (including phenoxy) is 1.